The highest BCUT2D eigenvalue weighted by Crippen LogP contribution is 2.21. The maximum absolute atomic E-state index is 11.2. The molecule has 0 aliphatic rings. The van der Waals surface area contributed by atoms with E-state index in [1.165, 1.54) is 5.56 Å². The third kappa shape index (κ3) is 11.1. The second kappa shape index (κ2) is 16.2. The Morgan fingerprint density at radius 3 is 2.45 bits per heavy atom. The van der Waals surface area contributed by atoms with E-state index in [1.807, 2.05) is 42.5 Å². The van der Waals surface area contributed by atoms with Crippen molar-refractivity contribution in [2.45, 2.75) is 38.8 Å². The Bertz CT molecular complexity index is 760. The summed E-state index contributed by atoms with van der Waals surface area (Å²) in [6.07, 6.45) is 1.82. The van der Waals surface area contributed by atoms with Crippen LogP contribution in [0.15, 0.2) is 48.5 Å². The number of nitrogens with one attached hydrogen (secondary N) is 2. The molecule has 2 atom stereocenters. The minimum Gasteiger partial charge on any atom is -0.484 e. The summed E-state index contributed by atoms with van der Waals surface area (Å²) in [7, 11) is 1.59. The molecule has 0 fully saturated rings. The number of halogens is 3. The van der Waals surface area contributed by atoms with Crippen molar-refractivity contribution in [1.82, 2.24) is 10.6 Å². The number of ether oxygens (including phenoxy) is 2. The molecule has 2 rings (SSSR count). The molecule has 0 aliphatic carbocycles. The van der Waals surface area contributed by atoms with Crippen LogP contribution in [0.1, 0.15) is 37.5 Å². The summed E-state index contributed by atoms with van der Waals surface area (Å²) in [5.74, 6) is 0.540. The Labute approximate surface area is 203 Å². The number of amides is 1. The summed E-state index contributed by atoms with van der Waals surface area (Å²) in [4.78, 5) is 11.2. The van der Waals surface area contributed by atoms with Gasteiger partial charge in [0.1, 0.15) is 5.75 Å². The van der Waals surface area contributed by atoms with Gasteiger partial charge in [-0.25, -0.2) is 0 Å². The van der Waals surface area contributed by atoms with Crippen LogP contribution >= 0.6 is 36.4 Å². The number of rotatable bonds is 12. The molecule has 8 heteroatoms. The van der Waals surface area contributed by atoms with Gasteiger partial charge in [0.2, 0.25) is 0 Å². The van der Waals surface area contributed by atoms with Gasteiger partial charge in [0, 0.05) is 31.3 Å². The quantitative estimate of drug-likeness (QED) is 0.439. The average Bonchev–Trinajstić information content (AvgIpc) is 2.73. The maximum atomic E-state index is 11.2. The average molecular weight is 492 g/mol. The van der Waals surface area contributed by atoms with E-state index in [2.05, 4.69) is 30.5 Å². The van der Waals surface area contributed by atoms with Crippen molar-refractivity contribution in [2.75, 3.05) is 26.8 Å². The van der Waals surface area contributed by atoms with E-state index in [4.69, 9.17) is 21.1 Å². The SMILES string of the molecule is CCCOC(CNC(C)Cc1ccc(OCC(=O)NC)cc1)c1cccc(Cl)c1.Cl.Cl. The maximum Gasteiger partial charge on any atom is 0.257 e. The predicted molar refractivity (Wildman–Crippen MR) is 132 cm³/mol. The highest BCUT2D eigenvalue weighted by molar-refractivity contribution is 6.30. The van der Waals surface area contributed by atoms with Crippen molar-refractivity contribution >= 4 is 42.3 Å². The minimum absolute atomic E-state index is 0. The van der Waals surface area contributed by atoms with Gasteiger partial charge < -0.3 is 20.1 Å². The summed E-state index contributed by atoms with van der Waals surface area (Å²) < 4.78 is 11.5. The molecule has 0 bridgehead atoms. The molecule has 174 valence electrons. The van der Waals surface area contributed by atoms with Gasteiger partial charge in [-0.3, -0.25) is 4.79 Å². The molecule has 0 heterocycles. The fourth-order valence-corrected chi connectivity index (χ4v) is 3.12. The molecule has 5 nitrogen and oxygen atoms in total. The van der Waals surface area contributed by atoms with Crippen LogP contribution in [0.3, 0.4) is 0 Å². The zero-order valence-electron chi connectivity index (χ0n) is 18.2. The van der Waals surface area contributed by atoms with E-state index >= 15 is 0 Å². The Kier molecular flexibility index (Phi) is 15.4. The Hall–Kier alpha value is -1.50. The first-order chi connectivity index (χ1) is 14.0. The normalized spacial score (nSPS) is 12.1. The lowest BCUT2D eigenvalue weighted by molar-refractivity contribution is -0.122. The summed E-state index contributed by atoms with van der Waals surface area (Å²) in [5.41, 5.74) is 2.29. The third-order valence-corrected chi connectivity index (χ3v) is 4.74. The lowest BCUT2D eigenvalue weighted by Crippen LogP contribution is -2.33. The van der Waals surface area contributed by atoms with Crippen molar-refractivity contribution in [3.63, 3.8) is 0 Å². The smallest absolute Gasteiger partial charge is 0.257 e. The molecule has 0 radical (unpaired) electrons. The third-order valence-electron chi connectivity index (χ3n) is 4.51. The zero-order valence-corrected chi connectivity index (χ0v) is 20.6. The summed E-state index contributed by atoms with van der Waals surface area (Å²) in [6.45, 7) is 5.72. The van der Waals surface area contributed by atoms with Crippen molar-refractivity contribution in [3.05, 3.63) is 64.7 Å². The monoisotopic (exact) mass is 490 g/mol. The van der Waals surface area contributed by atoms with Crippen molar-refractivity contribution in [1.29, 1.82) is 0 Å². The lowest BCUT2D eigenvalue weighted by atomic mass is 10.1. The van der Waals surface area contributed by atoms with Crippen LogP contribution in [0.25, 0.3) is 0 Å². The predicted octanol–water partition coefficient (Wildman–Crippen LogP) is 5.00. The van der Waals surface area contributed by atoms with Crippen LogP contribution in [-0.2, 0) is 16.0 Å². The van der Waals surface area contributed by atoms with Crippen LogP contribution in [0.4, 0.5) is 0 Å². The molecular weight excluding hydrogens is 459 g/mol. The Morgan fingerprint density at radius 2 is 1.84 bits per heavy atom. The molecule has 0 aliphatic heterocycles. The molecule has 2 unspecified atom stereocenters. The summed E-state index contributed by atoms with van der Waals surface area (Å²) in [5, 5.41) is 6.82. The molecule has 0 spiro atoms. The molecule has 31 heavy (non-hydrogen) atoms. The van der Waals surface area contributed by atoms with Crippen LogP contribution in [0.5, 0.6) is 5.75 Å². The van der Waals surface area contributed by atoms with Crippen molar-refractivity contribution < 1.29 is 14.3 Å². The van der Waals surface area contributed by atoms with E-state index in [-0.39, 0.29) is 49.5 Å². The molecule has 0 aromatic heterocycles. The van der Waals surface area contributed by atoms with Gasteiger partial charge in [-0.15, -0.1) is 24.8 Å². The fraction of sp³-hybridized carbons (Fsp3) is 0.435. The van der Waals surface area contributed by atoms with Gasteiger partial charge in [-0.1, -0.05) is 42.8 Å². The number of hydrogen-bond acceptors (Lipinski definition) is 4. The highest BCUT2D eigenvalue weighted by atomic mass is 35.5. The Balaban J connectivity index is 0.00000450. The van der Waals surface area contributed by atoms with Gasteiger partial charge in [0.15, 0.2) is 6.61 Å². The summed E-state index contributed by atoms with van der Waals surface area (Å²) >= 11 is 6.15. The minimum atomic E-state index is -0.147. The van der Waals surface area contributed by atoms with Gasteiger partial charge in [0.05, 0.1) is 6.10 Å². The van der Waals surface area contributed by atoms with E-state index in [0.717, 1.165) is 30.0 Å². The van der Waals surface area contributed by atoms with Gasteiger partial charge in [-0.05, 0) is 55.2 Å². The van der Waals surface area contributed by atoms with Gasteiger partial charge in [0.25, 0.3) is 5.91 Å². The fourth-order valence-electron chi connectivity index (χ4n) is 2.92. The number of carbonyl (C=O) groups is 1. The van der Waals surface area contributed by atoms with E-state index in [9.17, 15) is 4.79 Å². The standard InChI is InChI=1S/C23H31ClN2O3.2ClH/c1-4-12-28-22(19-6-5-7-20(24)14-19)15-26-17(2)13-18-8-10-21(11-9-18)29-16-23(27)25-3;;/h5-11,14,17,22,26H,4,12-13,15-16H2,1-3H3,(H,25,27);2*1H. The second-order valence-electron chi connectivity index (χ2n) is 7.03. The molecule has 0 saturated carbocycles. The van der Waals surface area contributed by atoms with Crippen molar-refractivity contribution in [3.8, 4) is 5.75 Å². The van der Waals surface area contributed by atoms with E-state index in [1.54, 1.807) is 7.05 Å². The van der Waals surface area contributed by atoms with Crippen LogP contribution in [0.2, 0.25) is 5.02 Å². The molecule has 2 aromatic rings. The van der Waals surface area contributed by atoms with Crippen LogP contribution in [-0.4, -0.2) is 38.8 Å². The lowest BCUT2D eigenvalue weighted by Gasteiger charge is -2.22. The second-order valence-corrected chi connectivity index (χ2v) is 7.47. The zero-order chi connectivity index (χ0) is 21.1. The largest absolute Gasteiger partial charge is 0.484 e. The van der Waals surface area contributed by atoms with E-state index < -0.39 is 0 Å². The molecule has 1 amide bonds. The first-order valence-corrected chi connectivity index (χ1v) is 10.4. The number of hydrogen-bond donors (Lipinski definition) is 2. The van der Waals surface area contributed by atoms with E-state index in [0.29, 0.717) is 12.4 Å². The first kappa shape index (κ1) is 29.5. The number of carbonyl (C=O) groups excluding carboxylic acids is 1. The summed E-state index contributed by atoms with van der Waals surface area (Å²) in [6, 6.07) is 16.0. The van der Waals surface area contributed by atoms with Gasteiger partial charge in [-0.2, -0.15) is 0 Å². The number of benzene rings is 2. The topological polar surface area (TPSA) is 59.6 Å². The Morgan fingerprint density at radius 1 is 1.13 bits per heavy atom. The molecule has 2 aromatic carbocycles. The first-order valence-electron chi connectivity index (χ1n) is 10.0. The highest BCUT2D eigenvalue weighted by Gasteiger charge is 2.14. The molecular formula is C23H33Cl3N2O3. The van der Waals surface area contributed by atoms with Crippen LogP contribution < -0.4 is 15.4 Å². The molecule has 0 saturated heterocycles. The van der Waals surface area contributed by atoms with Gasteiger partial charge >= 0.3 is 0 Å². The van der Waals surface area contributed by atoms with Crippen molar-refractivity contribution in [2.24, 2.45) is 0 Å². The van der Waals surface area contributed by atoms with Crippen LogP contribution in [0, 0.1) is 0 Å². The molecule has 2 N–H and O–H groups in total. The number of likely N-dealkylation sites (N-methyl/N-ethyl adjacent to an activating group) is 1.